The van der Waals surface area contributed by atoms with Gasteiger partial charge >= 0.3 is 0 Å². The number of benzene rings is 1. The lowest BCUT2D eigenvalue weighted by molar-refractivity contribution is -1.02. The van der Waals surface area contributed by atoms with Gasteiger partial charge in [-0.2, -0.15) is 0 Å². The van der Waals surface area contributed by atoms with Crippen molar-refractivity contribution in [2.24, 2.45) is 5.92 Å². The van der Waals surface area contributed by atoms with E-state index in [1.165, 1.54) is 10.5 Å². The topological polar surface area (TPSA) is 56.4 Å². The molecular weight excluding hydrogens is 318 g/mol. The molecule has 1 amide bonds. The Balaban J connectivity index is 1.42. The lowest BCUT2D eigenvalue weighted by Gasteiger charge is -2.30. The number of ether oxygens (including phenoxy) is 2. The van der Waals surface area contributed by atoms with Gasteiger partial charge in [-0.25, -0.2) is 0 Å². The largest absolute Gasteiger partial charge is 0.454 e. The molecule has 1 saturated heterocycles. The van der Waals surface area contributed by atoms with E-state index in [1.807, 2.05) is 6.07 Å². The Morgan fingerprint density at radius 1 is 1.08 bits per heavy atom. The number of rotatable bonds is 6. The molecule has 1 atom stereocenters. The number of quaternary nitrogens is 2. The highest BCUT2D eigenvalue weighted by atomic mass is 16.7. The predicted octanol–water partition coefficient (Wildman–Crippen LogP) is -1.14. The highest BCUT2D eigenvalue weighted by Crippen LogP contribution is 2.32. The zero-order chi connectivity index (χ0) is 17.8. The summed E-state index contributed by atoms with van der Waals surface area (Å²) < 4.78 is 10.8. The molecule has 0 unspecified atom stereocenters. The third-order valence-electron chi connectivity index (χ3n) is 5.35. The lowest BCUT2D eigenvalue weighted by atomic mass is 10.1. The molecule has 1 aromatic rings. The fourth-order valence-corrected chi connectivity index (χ4v) is 3.35. The summed E-state index contributed by atoms with van der Waals surface area (Å²) in [5.74, 6) is 2.35. The van der Waals surface area contributed by atoms with Crippen LogP contribution in [0.2, 0.25) is 0 Å². The summed E-state index contributed by atoms with van der Waals surface area (Å²) in [6.45, 7) is 12.5. The van der Waals surface area contributed by atoms with Crippen LogP contribution in [0.25, 0.3) is 0 Å². The molecule has 0 radical (unpaired) electrons. The maximum atomic E-state index is 12.1. The van der Waals surface area contributed by atoms with Crippen LogP contribution in [0.4, 0.5) is 0 Å². The number of hydrogen-bond acceptors (Lipinski definition) is 3. The first-order chi connectivity index (χ1) is 12.0. The summed E-state index contributed by atoms with van der Waals surface area (Å²) in [4.78, 5) is 15.1. The second kappa shape index (κ2) is 8.06. The van der Waals surface area contributed by atoms with Crippen LogP contribution in [-0.2, 0) is 11.3 Å². The van der Waals surface area contributed by atoms with Crippen molar-refractivity contribution < 1.29 is 24.1 Å². The molecule has 0 aliphatic carbocycles. The molecule has 0 spiro atoms. The molecule has 2 heterocycles. The second-order valence-corrected chi connectivity index (χ2v) is 7.64. The first-order valence-electron chi connectivity index (χ1n) is 9.36. The average Bonchev–Trinajstić information content (AvgIpc) is 3.04. The fraction of sp³-hybridized carbons (Fsp3) is 0.632. The SMILES string of the molecule is CC(C)[C@H](C)NC(=O)C[NH+]1CC[NH+](Cc2ccc3c(c2)OCO3)CC1. The minimum absolute atomic E-state index is 0.176. The molecule has 2 aliphatic heterocycles. The van der Waals surface area contributed by atoms with Crippen molar-refractivity contribution in [1.82, 2.24) is 5.32 Å². The summed E-state index contributed by atoms with van der Waals surface area (Å²) >= 11 is 0. The molecule has 25 heavy (non-hydrogen) atoms. The van der Waals surface area contributed by atoms with Crippen molar-refractivity contribution in [2.45, 2.75) is 33.4 Å². The molecule has 6 heteroatoms. The number of piperazine rings is 1. The van der Waals surface area contributed by atoms with Gasteiger partial charge in [0, 0.05) is 11.6 Å². The van der Waals surface area contributed by atoms with E-state index in [-0.39, 0.29) is 11.9 Å². The molecule has 0 saturated carbocycles. The molecule has 0 bridgehead atoms. The summed E-state index contributed by atoms with van der Waals surface area (Å²) in [7, 11) is 0. The Morgan fingerprint density at radius 3 is 2.48 bits per heavy atom. The van der Waals surface area contributed by atoms with Gasteiger partial charge in [-0.3, -0.25) is 4.79 Å². The van der Waals surface area contributed by atoms with Crippen molar-refractivity contribution in [3.8, 4) is 11.5 Å². The van der Waals surface area contributed by atoms with Crippen LogP contribution in [0.3, 0.4) is 0 Å². The summed E-state index contributed by atoms with van der Waals surface area (Å²) in [5, 5.41) is 3.11. The van der Waals surface area contributed by atoms with Gasteiger partial charge in [-0.15, -0.1) is 0 Å². The normalized spacial score (nSPS) is 23.5. The second-order valence-electron chi connectivity index (χ2n) is 7.64. The van der Waals surface area contributed by atoms with Crippen LogP contribution < -0.4 is 24.6 Å². The van der Waals surface area contributed by atoms with Crippen molar-refractivity contribution in [3.05, 3.63) is 23.8 Å². The van der Waals surface area contributed by atoms with Crippen LogP contribution in [0.15, 0.2) is 18.2 Å². The van der Waals surface area contributed by atoms with Gasteiger partial charge in [-0.05, 0) is 31.0 Å². The van der Waals surface area contributed by atoms with E-state index in [4.69, 9.17) is 9.47 Å². The lowest BCUT2D eigenvalue weighted by Crippen LogP contribution is -3.28. The molecule has 3 rings (SSSR count). The van der Waals surface area contributed by atoms with Gasteiger partial charge in [0.2, 0.25) is 6.79 Å². The molecule has 1 aromatic carbocycles. The molecule has 2 aliphatic rings. The maximum Gasteiger partial charge on any atom is 0.275 e. The standard InChI is InChI=1S/C19H29N3O3/c1-14(2)15(3)20-19(23)12-22-8-6-21(7-9-22)11-16-4-5-17-18(10-16)25-13-24-17/h4-5,10,14-15H,6-9,11-13H2,1-3H3,(H,20,23)/p+2/t15-/m0/s1. The van der Waals surface area contributed by atoms with Gasteiger partial charge in [0.25, 0.3) is 5.91 Å². The van der Waals surface area contributed by atoms with Crippen LogP contribution in [-0.4, -0.2) is 51.5 Å². The number of nitrogens with one attached hydrogen (secondary N) is 3. The summed E-state index contributed by atoms with van der Waals surface area (Å²) in [6.07, 6.45) is 0. The highest BCUT2D eigenvalue weighted by Gasteiger charge is 2.26. The average molecular weight is 349 g/mol. The van der Waals surface area contributed by atoms with Crippen molar-refractivity contribution in [2.75, 3.05) is 39.5 Å². The Labute approximate surface area is 150 Å². The van der Waals surface area contributed by atoms with Gasteiger partial charge in [0.1, 0.15) is 32.7 Å². The zero-order valence-electron chi connectivity index (χ0n) is 15.6. The summed E-state index contributed by atoms with van der Waals surface area (Å²) in [6, 6.07) is 6.46. The van der Waals surface area contributed by atoms with E-state index >= 15 is 0 Å². The van der Waals surface area contributed by atoms with Crippen molar-refractivity contribution >= 4 is 5.91 Å². The first-order valence-corrected chi connectivity index (χ1v) is 9.36. The van der Waals surface area contributed by atoms with Crippen molar-refractivity contribution in [3.63, 3.8) is 0 Å². The predicted molar refractivity (Wildman–Crippen MR) is 95.0 cm³/mol. The number of carbonyl (C=O) groups is 1. The molecule has 138 valence electrons. The molecule has 0 aromatic heterocycles. The van der Waals surface area contributed by atoms with E-state index in [0.717, 1.165) is 44.2 Å². The van der Waals surface area contributed by atoms with Crippen LogP contribution >= 0.6 is 0 Å². The van der Waals surface area contributed by atoms with Crippen molar-refractivity contribution in [1.29, 1.82) is 0 Å². The molecular formula is C19H31N3O3+2. The van der Waals surface area contributed by atoms with Gasteiger partial charge in [-0.1, -0.05) is 13.8 Å². The third kappa shape index (κ3) is 4.86. The van der Waals surface area contributed by atoms with E-state index in [1.54, 1.807) is 4.90 Å². The number of fused-ring (bicyclic) bond motifs is 1. The van der Waals surface area contributed by atoms with Gasteiger partial charge in [0.05, 0.1) is 0 Å². The Kier molecular flexibility index (Phi) is 5.81. The fourth-order valence-electron chi connectivity index (χ4n) is 3.35. The van der Waals surface area contributed by atoms with E-state index in [9.17, 15) is 4.79 Å². The Bertz CT molecular complexity index is 598. The Hall–Kier alpha value is -1.79. The van der Waals surface area contributed by atoms with Gasteiger partial charge in [0.15, 0.2) is 18.0 Å². The maximum absolute atomic E-state index is 12.1. The van der Waals surface area contributed by atoms with E-state index in [2.05, 4.69) is 38.2 Å². The molecule has 1 fully saturated rings. The smallest absolute Gasteiger partial charge is 0.275 e. The summed E-state index contributed by atoms with van der Waals surface area (Å²) in [5.41, 5.74) is 1.28. The number of hydrogen-bond donors (Lipinski definition) is 3. The van der Waals surface area contributed by atoms with Crippen LogP contribution in [0, 0.1) is 5.92 Å². The minimum atomic E-state index is 0.176. The molecule has 6 nitrogen and oxygen atoms in total. The van der Waals surface area contributed by atoms with E-state index < -0.39 is 0 Å². The monoisotopic (exact) mass is 349 g/mol. The highest BCUT2D eigenvalue weighted by molar-refractivity contribution is 5.77. The van der Waals surface area contributed by atoms with E-state index in [0.29, 0.717) is 19.3 Å². The quantitative estimate of drug-likeness (QED) is 0.609. The third-order valence-corrected chi connectivity index (χ3v) is 5.35. The van der Waals surface area contributed by atoms with Crippen LogP contribution in [0.5, 0.6) is 11.5 Å². The zero-order valence-corrected chi connectivity index (χ0v) is 15.6. The Morgan fingerprint density at radius 2 is 1.76 bits per heavy atom. The van der Waals surface area contributed by atoms with Crippen LogP contribution in [0.1, 0.15) is 26.3 Å². The minimum Gasteiger partial charge on any atom is -0.454 e. The number of carbonyl (C=O) groups excluding carboxylic acids is 1. The first kappa shape index (κ1) is 18.0. The molecule has 3 N–H and O–H groups in total. The number of amides is 1. The van der Waals surface area contributed by atoms with Gasteiger partial charge < -0.3 is 24.6 Å².